The standard InChI is InChI=1S/C26H27N3O2S2/c1-16(17-5-6-17)27-18-7-8-22-24(13-18)32-23-4-2-3-20(26(23)33-22)21-14-19(15-25(30)28-21)29-9-11-31-12-10-29/h2-4,7-8,13-17,27H,5-6,9-12H2,1H3,(H,28,30). The highest BCUT2D eigenvalue weighted by Crippen LogP contribution is 2.52. The number of nitrogens with zero attached hydrogens (tertiary/aromatic N) is 1. The van der Waals surface area contributed by atoms with Gasteiger partial charge in [0.05, 0.1) is 18.9 Å². The highest BCUT2D eigenvalue weighted by Gasteiger charge is 2.28. The van der Waals surface area contributed by atoms with Crippen molar-refractivity contribution in [1.82, 2.24) is 4.98 Å². The number of morpholine rings is 1. The zero-order chi connectivity index (χ0) is 22.4. The number of H-pyrrole nitrogens is 1. The van der Waals surface area contributed by atoms with Gasteiger partial charge in [-0.2, -0.15) is 0 Å². The highest BCUT2D eigenvalue weighted by atomic mass is 32.2. The fraction of sp³-hybridized carbons (Fsp3) is 0.346. The Morgan fingerprint density at radius 2 is 1.88 bits per heavy atom. The van der Waals surface area contributed by atoms with E-state index in [1.807, 2.05) is 11.8 Å². The molecule has 3 heterocycles. The van der Waals surface area contributed by atoms with Crippen molar-refractivity contribution in [2.24, 2.45) is 5.92 Å². The monoisotopic (exact) mass is 477 g/mol. The Morgan fingerprint density at radius 3 is 2.70 bits per heavy atom. The van der Waals surface area contributed by atoms with Crippen molar-refractivity contribution in [3.05, 3.63) is 58.9 Å². The smallest absolute Gasteiger partial charge is 0.250 e. The van der Waals surface area contributed by atoms with Crippen LogP contribution in [0.5, 0.6) is 0 Å². The third-order valence-electron chi connectivity index (χ3n) is 6.57. The van der Waals surface area contributed by atoms with Gasteiger partial charge in [0.2, 0.25) is 5.56 Å². The maximum atomic E-state index is 12.5. The molecule has 3 aromatic rings. The van der Waals surface area contributed by atoms with E-state index in [0.717, 1.165) is 36.0 Å². The summed E-state index contributed by atoms with van der Waals surface area (Å²) in [6.45, 7) is 5.30. The van der Waals surface area contributed by atoms with Crippen molar-refractivity contribution in [1.29, 1.82) is 0 Å². The van der Waals surface area contributed by atoms with Crippen LogP contribution in [0.25, 0.3) is 11.3 Å². The van der Waals surface area contributed by atoms with Gasteiger partial charge in [0, 0.05) is 61.7 Å². The summed E-state index contributed by atoms with van der Waals surface area (Å²) in [4.78, 5) is 22.8. The summed E-state index contributed by atoms with van der Waals surface area (Å²) in [5, 5.41) is 3.68. The lowest BCUT2D eigenvalue weighted by molar-refractivity contribution is 0.122. The van der Waals surface area contributed by atoms with Gasteiger partial charge in [0.25, 0.3) is 0 Å². The first-order chi connectivity index (χ1) is 16.1. The Labute approximate surface area is 202 Å². The first-order valence-corrected chi connectivity index (χ1v) is 13.2. The molecule has 1 saturated carbocycles. The van der Waals surface area contributed by atoms with Gasteiger partial charge in [-0.3, -0.25) is 4.79 Å². The second kappa shape index (κ2) is 8.78. The molecule has 1 aliphatic carbocycles. The molecule has 1 atom stereocenters. The number of hydrogen-bond donors (Lipinski definition) is 2. The van der Waals surface area contributed by atoms with E-state index >= 15 is 0 Å². The molecule has 1 saturated heterocycles. The summed E-state index contributed by atoms with van der Waals surface area (Å²) >= 11 is 3.61. The van der Waals surface area contributed by atoms with E-state index in [1.54, 1.807) is 17.8 Å². The fourth-order valence-electron chi connectivity index (χ4n) is 4.56. The quantitative estimate of drug-likeness (QED) is 0.384. The lowest BCUT2D eigenvalue weighted by Gasteiger charge is -2.29. The van der Waals surface area contributed by atoms with Crippen LogP contribution in [0.4, 0.5) is 11.4 Å². The molecular weight excluding hydrogens is 450 g/mol. The molecule has 33 heavy (non-hydrogen) atoms. The summed E-state index contributed by atoms with van der Waals surface area (Å²) in [6, 6.07) is 17.4. The number of hydrogen-bond acceptors (Lipinski definition) is 6. The predicted octanol–water partition coefficient (Wildman–Crippen LogP) is 5.70. The molecule has 0 bridgehead atoms. The van der Waals surface area contributed by atoms with E-state index in [2.05, 4.69) is 64.6 Å². The number of pyridine rings is 1. The third-order valence-corrected chi connectivity index (χ3v) is 9.17. The van der Waals surface area contributed by atoms with Crippen LogP contribution in [0, 0.1) is 5.92 Å². The molecule has 6 rings (SSSR count). The number of benzene rings is 2. The van der Waals surface area contributed by atoms with Crippen LogP contribution in [0.1, 0.15) is 19.8 Å². The van der Waals surface area contributed by atoms with Gasteiger partial charge in [-0.15, -0.1) is 0 Å². The fourth-order valence-corrected chi connectivity index (χ4v) is 6.97. The van der Waals surface area contributed by atoms with Gasteiger partial charge in [-0.05, 0) is 56.0 Å². The Morgan fingerprint density at radius 1 is 1.03 bits per heavy atom. The van der Waals surface area contributed by atoms with Crippen LogP contribution < -0.4 is 15.8 Å². The summed E-state index contributed by atoms with van der Waals surface area (Å²) < 4.78 is 5.48. The van der Waals surface area contributed by atoms with Gasteiger partial charge in [-0.25, -0.2) is 0 Å². The van der Waals surface area contributed by atoms with Crippen molar-refractivity contribution in [2.75, 3.05) is 36.5 Å². The second-order valence-electron chi connectivity index (χ2n) is 8.98. The number of ether oxygens (including phenoxy) is 1. The molecule has 2 N–H and O–H groups in total. The molecular formula is C26H27N3O2S2. The molecule has 2 fully saturated rings. The molecule has 2 aliphatic heterocycles. The third kappa shape index (κ3) is 4.42. The minimum atomic E-state index is -0.0686. The van der Waals surface area contributed by atoms with E-state index in [-0.39, 0.29) is 5.56 Å². The van der Waals surface area contributed by atoms with Crippen LogP contribution in [0.2, 0.25) is 0 Å². The zero-order valence-corrected chi connectivity index (χ0v) is 20.2. The first-order valence-electron chi connectivity index (χ1n) is 11.6. The number of nitrogens with one attached hydrogen (secondary N) is 2. The minimum Gasteiger partial charge on any atom is -0.382 e. The maximum absolute atomic E-state index is 12.5. The molecule has 1 unspecified atom stereocenters. The van der Waals surface area contributed by atoms with Gasteiger partial charge >= 0.3 is 0 Å². The van der Waals surface area contributed by atoms with Crippen LogP contribution in [-0.4, -0.2) is 37.3 Å². The number of aromatic amines is 1. The molecule has 5 nitrogen and oxygen atoms in total. The lowest BCUT2D eigenvalue weighted by atomic mass is 10.1. The molecule has 7 heteroatoms. The van der Waals surface area contributed by atoms with Gasteiger partial charge in [0.1, 0.15) is 0 Å². The molecule has 0 radical (unpaired) electrons. The van der Waals surface area contributed by atoms with E-state index in [0.29, 0.717) is 19.3 Å². The topological polar surface area (TPSA) is 57.4 Å². The van der Waals surface area contributed by atoms with Crippen molar-refractivity contribution in [2.45, 2.75) is 45.4 Å². The SMILES string of the molecule is CC(Nc1ccc2c(c1)Sc1cccc(-c3cc(N4CCOCC4)cc(=O)[nH]3)c1S2)C1CC1. The zero-order valence-electron chi connectivity index (χ0n) is 18.6. The average molecular weight is 478 g/mol. The molecule has 0 spiro atoms. The Kier molecular flexibility index (Phi) is 5.64. The van der Waals surface area contributed by atoms with Crippen molar-refractivity contribution >= 4 is 34.9 Å². The average Bonchev–Trinajstić information content (AvgIpc) is 3.68. The molecule has 2 aromatic carbocycles. The number of rotatable bonds is 5. The molecule has 0 amide bonds. The van der Waals surface area contributed by atoms with Crippen LogP contribution in [0.3, 0.4) is 0 Å². The second-order valence-corrected chi connectivity index (χ2v) is 11.1. The number of aromatic nitrogens is 1. The normalized spacial score (nSPS) is 18.4. The highest BCUT2D eigenvalue weighted by molar-refractivity contribution is 8.05. The first kappa shape index (κ1) is 21.2. The van der Waals surface area contributed by atoms with E-state index in [9.17, 15) is 4.79 Å². The molecule has 170 valence electrons. The van der Waals surface area contributed by atoms with Gasteiger partial charge in [0.15, 0.2) is 0 Å². The van der Waals surface area contributed by atoms with Gasteiger partial charge < -0.3 is 19.9 Å². The lowest BCUT2D eigenvalue weighted by Crippen LogP contribution is -2.36. The summed E-state index contributed by atoms with van der Waals surface area (Å²) in [7, 11) is 0. The molecule has 3 aliphatic rings. The van der Waals surface area contributed by atoms with E-state index in [1.165, 1.54) is 38.1 Å². The minimum absolute atomic E-state index is 0.0686. The Hall–Kier alpha value is -2.35. The predicted molar refractivity (Wildman–Crippen MR) is 136 cm³/mol. The van der Waals surface area contributed by atoms with Gasteiger partial charge in [-0.1, -0.05) is 35.7 Å². The van der Waals surface area contributed by atoms with E-state index in [4.69, 9.17) is 4.74 Å². The largest absolute Gasteiger partial charge is 0.382 e. The van der Waals surface area contributed by atoms with Crippen LogP contribution in [-0.2, 0) is 4.74 Å². The summed E-state index contributed by atoms with van der Waals surface area (Å²) in [6.07, 6.45) is 2.68. The van der Waals surface area contributed by atoms with Crippen molar-refractivity contribution in [3.8, 4) is 11.3 Å². The number of anilines is 2. The van der Waals surface area contributed by atoms with E-state index < -0.39 is 0 Å². The summed E-state index contributed by atoms with van der Waals surface area (Å²) in [5.74, 6) is 0.821. The Bertz CT molecular complexity index is 1250. The maximum Gasteiger partial charge on any atom is 0.250 e. The number of fused-ring (bicyclic) bond motifs is 2. The van der Waals surface area contributed by atoms with Crippen LogP contribution >= 0.6 is 23.5 Å². The Balaban J connectivity index is 1.31. The summed E-state index contributed by atoms with van der Waals surface area (Å²) in [5.41, 5.74) is 4.04. The molecule has 1 aromatic heterocycles. The van der Waals surface area contributed by atoms with Crippen molar-refractivity contribution < 1.29 is 4.74 Å². The van der Waals surface area contributed by atoms with Crippen LogP contribution in [0.15, 0.2) is 72.9 Å². The van der Waals surface area contributed by atoms with Crippen molar-refractivity contribution in [3.63, 3.8) is 0 Å².